The molecule has 1 N–H and O–H groups in total. The molecule has 2 unspecified atom stereocenters. The van der Waals surface area contributed by atoms with Gasteiger partial charge >= 0.3 is 0 Å². The number of nitrogens with one attached hydrogen (secondary N) is 1. The quantitative estimate of drug-likeness (QED) is 0.648. The van der Waals surface area contributed by atoms with Crippen molar-refractivity contribution in [2.24, 2.45) is 5.92 Å². The Hall–Kier alpha value is -1.06. The highest BCUT2D eigenvalue weighted by molar-refractivity contribution is 5.89. The molecule has 2 atom stereocenters. The van der Waals surface area contributed by atoms with Crippen molar-refractivity contribution in [1.29, 1.82) is 0 Å². The van der Waals surface area contributed by atoms with Gasteiger partial charge in [-0.2, -0.15) is 0 Å². The largest absolute Gasteiger partial charge is 0.355 e. The molecule has 2 heterocycles. The van der Waals surface area contributed by atoms with Gasteiger partial charge in [-0.05, 0) is 19.8 Å². The number of hydrogen-bond donors (Lipinski definition) is 1. The van der Waals surface area contributed by atoms with Crippen molar-refractivity contribution >= 4 is 11.8 Å². The van der Waals surface area contributed by atoms with Gasteiger partial charge < -0.3 is 10.2 Å². The molecule has 2 aliphatic rings. The van der Waals surface area contributed by atoms with E-state index in [1.54, 1.807) is 0 Å². The van der Waals surface area contributed by atoms with Gasteiger partial charge in [-0.3, -0.25) is 9.59 Å². The van der Waals surface area contributed by atoms with Crippen LogP contribution in [0, 0.1) is 5.92 Å². The van der Waals surface area contributed by atoms with Crippen LogP contribution in [0.5, 0.6) is 0 Å². The van der Waals surface area contributed by atoms with Crippen molar-refractivity contribution in [1.82, 2.24) is 10.2 Å². The number of likely N-dealkylation sites (tertiary alicyclic amines) is 1. The summed E-state index contributed by atoms with van der Waals surface area (Å²) < 4.78 is 0. The van der Waals surface area contributed by atoms with Gasteiger partial charge in [-0.15, -0.1) is 0 Å². The summed E-state index contributed by atoms with van der Waals surface area (Å²) in [5, 5.41) is 2.70. The molecular weight excluding hydrogens is 180 g/mol. The van der Waals surface area contributed by atoms with Gasteiger partial charge in [0.2, 0.25) is 11.8 Å². The lowest BCUT2D eigenvalue weighted by Crippen LogP contribution is -2.38. The zero-order chi connectivity index (χ0) is 10.1. The molecule has 2 amide bonds. The first-order chi connectivity index (χ1) is 6.68. The number of nitrogens with zero attached hydrogens (tertiary/aromatic N) is 1. The lowest BCUT2D eigenvalue weighted by molar-refractivity contribution is -0.136. The maximum Gasteiger partial charge on any atom is 0.228 e. The van der Waals surface area contributed by atoms with E-state index in [4.69, 9.17) is 0 Å². The van der Waals surface area contributed by atoms with Crippen molar-refractivity contribution in [3.8, 4) is 0 Å². The van der Waals surface area contributed by atoms with Gasteiger partial charge in [0.25, 0.3) is 0 Å². The molecular formula is C10H16N2O2. The fourth-order valence-corrected chi connectivity index (χ4v) is 2.27. The van der Waals surface area contributed by atoms with Gasteiger partial charge in [-0.1, -0.05) is 0 Å². The minimum absolute atomic E-state index is 0.00944. The van der Waals surface area contributed by atoms with Gasteiger partial charge in [0, 0.05) is 25.6 Å². The predicted molar refractivity (Wildman–Crippen MR) is 51.5 cm³/mol. The van der Waals surface area contributed by atoms with Crippen LogP contribution in [0.25, 0.3) is 0 Å². The number of hydrogen-bond acceptors (Lipinski definition) is 2. The molecule has 2 rings (SSSR count). The predicted octanol–water partition coefficient (Wildman–Crippen LogP) is 0.133. The molecule has 78 valence electrons. The lowest BCUT2D eigenvalue weighted by atomic mass is 10.1. The van der Waals surface area contributed by atoms with Crippen LogP contribution in [0.1, 0.15) is 26.2 Å². The molecule has 4 heteroatoms. The summed E-state index contributed by atoms with van der Waals surface area (Å²) in [7, 11) is 0. The first kappa shape index (κ1) is 9.49. The highest BCUT2D eigenvalue weighted by Crippen LogP contribution is 2.21. The Bertz CT molecular complexity index is 265. The maximum atomic E-state index is 11.9. The second-order valence-electron chi connectivity index (χ2n) is 4.23. The van der Waals surface area contributed by atoms with E-state index in [9.17, 15) is 9.59 Å². The zero-order valence-corrected chi connectivity index (χ0v) is 8.45. The summed E-state index contributed by atoms with van der Waals surface area (Å²) >= 11 is 0. The van der Waals surface area contributed by atoms with E-state index < -0.39 is 0 Å². The highest BCUT2D eigenvalue weighted by Gasteiger charge is 2.34. The molecule has 0 spiro atoms. The van der Waals surface area contributed by atoms with E-state index in [1.165, 1.54) is 0 Å². The third-order valence-corrected chi connectivity index (χ3v) is 3.16. The van der Waals surface area contributed by atoms with Crippen LogP contribution in [-0.4, -0.2) is 35.8 Å². The summed E-state index contributed by atoms with van der Waals surface area (Å²) in [5.41, 5.74) is 0. The van der Waals surface area contributed by atoms with Crippen molar-refractivity contribution in [3.63, 3.8) is 0 Å². The molecule has 2 saturated heterocycles. The Morgan fingerprint density at radius 2 is 2.36 bits per heavy atom. The SMILES string of the molecule is CC1CCCN1C(=O)C1CNC(=O)C1. The normalized spacial score (nSPS) is 32.1. The van der Waals surface area contributed by atoms with E-state index >= 15 is 0 Å². The summed E-state index contributed by atoms with van der Waals surface area (Å²) in [5.74, 6) is 0.0617. The summed E-state index contributed by atoms with van der Waals surface area (Å²) in [6, 6.07) is 0.359. The van der Waals surface area contributed by atoms with Crippen LogP contribution in [0.4, 0.5) is 0 Å². The van der Waals surface area contributed by atoms with Crippen LogP contribution in [-0.2, 0) is 9.59 Å². The van der Waals surface area contributed by atoms with E-state index in [0.29, 0.717) is 19.0 Å². The molecule has 0 bridgehead atoms. The van der Waals surface area contributed by atoms with Crippen LogP contribution < -0.4 is 5.32 Å². The second-order valence-corrected chi connectivity index (χ2v) is 4.23. The fourth-order valence-electron chi connectivity index (χ4n) is 2.27. The molecule has 4 nitrogen and oxygen atoms in total. The highest BCUT2D eigenvalue weighted by atomic mass is 16.2. The molecule has 0 aromatic heterocycles. The molecule has 0 aliphatic carbocycles. The first-order valence-corrected chi connectivity index (χ1v) is 5.25. The average molecular weight is 196 g/mol. The molecule has 0 aromatic carbocycles. The van der Waals surface area contributed by atoms with Crippen LogP contribution in [0.2, 0.25) is 0 Å². The standard InChI is InChI=1S/C10H16N2O2/c1-7-3-2-4-12(7)10(14)8-5-9(13)11-6-8/h7-8H,2-6H2,1H3,(H,11,13). The summed E-state index contributed by atoms with van der Waals surface area (Å²) in [6.07, 6.45) is 2.57. The molecule has 0 saturated carbocycles. The van der Waals surface area contributed by atoms with E-state index in [1.807, 2.05) is 4.90 Å². The monoisotopic (exact) mass is 196 g/mol. The Morgan fingerprint density at radius 3 is 2.86 bits per heavy atom. The van der Waals surface area contributed by atoms with Crippen molar-refractivity contribution in [2.75, 3.05) is 13.1 Å². The molecule has 0 radical (unpaired) electrons. The van der Waals surface area contributed by atoms with E-state index in [-0.39, 0.29) is 17.7 Å². The summed E-state index contributed by atoms with van der Waals surface area (Å²) in [6.45, 7) is 3.47. The average Bonchev–Trinajstić information content (AvgIpc) is 2.73. The molecule has 14 heavy (non-hydrogen) atoms. The minimum Gasteiger partial charge on any atom is -0.355 e. The van der Waals surface area contributed by atoms with Crippen molar-refractivity contribution in [2.45, 2.75) is 32.2 Å². The Labute approximate surface area is 83.6 Å². The first-order valence-electron chi connectivity index (χ1n) is 5.25. The maximum absolute atomic E-state index is 11.9. The topological polar surface area (TPSA) is 49.4 Å². The molecule has 0 aromatic rings. The second kappa shape index (κ2) is 3.59. The van der Waals surface area contributed by atoms with E-state index in [2.05, 4.69) is 12.2 Å². The summed E-state index contributed by atoms with van der Waals surface area (Å²) in [4.78, 5) is 24.8. The molecule has 2 fully saturated rings. The fraction of sp³-hybridized carbons (Fsp3) is 0.800. The lowest BCUT2D eigenvalue weighted by Gasteiger charge is -2.23. The van der Waals surface area contributed by atoms with Crippen molar-refractivity contribution in [3.05, 3.63) is 0 Å². The Morgan fingerprint density at radius 1 is 1.57 bits per heavy atom. The molecule has 2 aliphatic heterocycles. The van der Waals surface area contributed by atoms with Gasteiger partial charge in [0.15, 0.2) is 0 Å². The third-order valence-electron chi connectivity index (χ3n) is 3.16. The van der Waals surface area contributed by atoms with Crippen LogP contribution in [0.3, 0.4) is 0 Å². The van der Waals surface area contributed by atoms with Crippen LogP contribution in [0.15, 0.2) is 0 Å². The van der Waals surface area contributed by atoms with Gasteiger partial charge in [-0.25, -0.2) is 0 Å². The number of carbonyl (C=O) groups excluding carboxylic acids is 2. The zero-order valence-electron chi connectivity index (χ0n) is 8.45. The number of amides is 2. The number of rotatable bonds is 1. The number of carbonyl (C=O) groups is 2. The Kier molecular flexibility index (Phi) is 2.44. The van der Waals surface area contributed by atoms with Gasteiger partial charge in [0.05, 0.1) is 5.92 Å². The van der Waals surface area contributed by atoms with Crippen LogP contribution >= 0.6 is 0 Å². The van der Waals surface area contributed by atoms with E-state index in [0.717, 1.165) is 19.4 Å². The minimum atomic E-state index is -0.108. The van der Waals surface area contributed by atoms with Gasteiger partial charge in [0.1, 0.15) is 0 Å². The smallest absolute Gasteiger partial charge is 0.228 e. The Balaban J connectivity index is 1.97. The third kappa shape index (κ3) is 1.61. The van der Waals surface area contributed by atoms with Crippen molar-refractivity contribution < 1.29 is 9.59 Å².